The summed E-state index contributed by atoms with van der Waals surface area (Å²) in [6.07, 6.45) is 4.22. The maximum absolute atomic E-state index is 12.5. The van der Waals surface area contributed by atoms with Gasteiger partial charge in [-0.25, -0.2) is 14.5 Å². The van der Waals surface area contributed by atoms with Crippen molar-refractivity contribution in [3.63, 3.8) is 0 Å². The highest BCUT2D eigenvalue weighted by Gasteiger charge is 2.54. The number of aromatic nitrogens is 5. The molecular formula is C14H13N7O5S2. The molecule has 1 fully saturated rings. The SMILES string of the molecule is O=C(Cn1cnnn1)NC1C(=O)N2C(C(=O)O)=C(CSc3ncco3)CS[C@H]12. The number of rotatable bonds is 7. The minimum atomic E-state index is -1.18. The third-order valence-corrected chi connectivity index (χ3v) is 6.32. The Morgan fingerprint density at radius 1 is 1.46 bits per heavy atom. The molecule has 0 saturated carbocycles. The molecule has 2 aromatic heterocycles. The van der Waals surface area contributed by atoms with Crippen LogP contribution in [0.2, 0.25) is 0 Å². The van der Waals surface area contributed by atoms with Gasteiger partial charge in [-0.2, -0.15) is 0 Å². The van der Waals surface area contributed by atoms with Gasteiger partial charge in [0.15, 0.2) is 0 Å². The Balaban J connectivity index is 1.44. The maximum Gasteiger partial charge on any atom is 0.352 e. The molecule has 14 heteroatoms. The van der Waals surface area contributed by atoms with Gasteiger partial charge in [0.2, 0.25) is 5.91 Å². The fourth-order valence-corrected chi connectivity index (χ4v) is 5.11. The van der Waals surface area contributed by atoms with Gasteiger partial charge in [0.1, 0.15) is 36.2 Å². The van der Waals surface area contributed by atoms with Gasteiger partial charge in [0.25, 0.3) is 11.1 Å². The molecule has 146 valence electrons. The highest BCUT2D eigenvalue weighted by molar-refractivity contribution is 8.01. The summed E-state index contributed by atoms with van der Waals surface area (Å²) in [5.74, 6) is -1.32. The lowest BCUT2D eigenvalue weighted by molar-refractivity contribution is -0.150. The van der Waals surface area contributed by atoms with Crippen LogP contribution in [-0.4, -0.2) is 75.9 Å². The van der Waals surface area contributed by atoms with Gasteiger partial charge in [-0.05, 0) is 16.0 Å². The van der Waals surface area contributed by atoms with Crippen LogP contribution in [0.1, 0.15) is 0 Å². The molecule has 0 spiro atoms. The van der Waals surface area contributed by atoms with Crippen LogP contribution in [-0.2, 0) is 20.9 Å². The molecule has 28 heavy (non-hydrogen) atoms. The van der Waals surface area contributed by atoms with Crippen molar-refractivity contribution in [3.05, 3.63) is 30.1 Å². The molecule has 0 aliphatic carbocycles. The van der Waals surface area contributed by atoms with Gasteiger partial charge < -0.3 is 14.8 Å². The quantitative estimate of drug-likeness (QED) is 0.424. The molecule has 1 saturated heterocycles. The predicted molar refractivity (Wildman–Crippen MR) is 94.7 cm³/mol. The van der Waals surface area contributed by atoms with Gasteiger partial charge in [0.05, 0.1) is 6.20 Å². The first-order chi connectivity index (χ1) is 13.5. The first-order valence-corrected chi connectivity index (χ1v) is 10.0. The van der Waals surface area contributed by atoms with Gasteiger partial charge in [-0.3, -0.25) is 14.5 Å². The van der Waals surface area contributed by atoms with Gasteiger partial charge in [-0.15, -0.1) is 16.9 Å². The van der Waals surface area contributed by atoms with Crippen molar-refractivity contribution in [3.8, 4) is 0 Å². The molecule has 12 nitrogen and oxygen atoms in total. The molecule has 4 rings (SSSR count). The van der Waals surface area contributed by atoms with Crippen LogP contribution in [0, 0.1) is 0 Å². The van der Waals surface area contributed by atoms with Crippen LogP contribution < -0.4 is 5.32 Å². The summed E-state index contributed by atoms with van der Waals surface area (Å²) in [6.45, 7) is -0.131. The number of nitrogens with zero attached hydrogens (tertiary/aromatic N) is 6. The largest absolute Gasteiger partial charge is 0.477 e. The molecule has 2 amide bonds. The van der Waals surface area contributed by atoms with Gasteiger partial charge in [0, 0.05) is 11.5 Å². The molecule has 2 aromatic rings. The van der Waals surface area contributed by atoms with Crippen molar-refractivity contribution < 1.29 is 23.9 Å². The number of hydrogen-bond acceptors (Lipinski definition) is 10. The lowest BCUT2D eigenvalue weighted by atomic mass is 10.0. The second-order valence-corrected chi connectivity index (χ2v) is 7.84. The van der Waals surface area contributed by atoms with E-state index in [2.05, 4.69) is 25.8 Å². The smallest absolute Gasteiger partial charge is 0.352 e. The van der Waals surface area contributed by atoms with Crippen molar-refractivity contribution in [1.29, 1.82) is 0 Å². The van der Waals surface area contributed by atoms with E-state index < -0.39 is 29.2 Å². The van der Waals surface area contributed by atoms with Crippen LogP contribution in [0.15, 0.2) is 39.7 Å². The molecule has 1 unspecified atom stereocenters. The van der Waals surface area contributed by atoms with E-state index in [0.29, 0.717) is 22.3 Å². The Morgan fingerprint density at radius 2 is 2.32 bits per heavy atom. The number of hydrogen-bond donors (Lipinski definition) is 2. The predicted octanol–water partition coefficient (Wildman–Crippen LogP) is -0.808. The second-order valence-electron chi connectivity index (χ2n) is 5.81. The number of aliphatic carboxylic acids is 1. The van der Waals surface area contributed by atoms with Crippen molar-refractivity contribution in [2.45, 2.75) is 23.2 Å². The Hall–Kier alpha value is -2.87. The van der Waals surface area contributed by atoms with Gasteiger partial charge in [-0.1, -0.05) is 11.8 Å². The number of β-lactam (4-membered cyclic amide) rings is 1. The highest BCUT2D eigenvalue weighted by atomic mass is 32.2. The number of carbonyl (C=O) groups is 3. The van der Waals surface area contributed by atoms with E-state index in [9.17, 15) is 19.5 Å². The van der Waals surface area contributed by atoms with Crippen LogP contribution in [0.5, 0.6) is 0 Å². The average Bonchev–Trinajstić information content (AvgIpc) is 3.37. The lowest BCUT2D eigenvalue weighted by Crippen LogP contribution is -2.70. The minimum Gasteiger partial charge on any atom is -0.477 e. The summed E-state index contributed by atoms with van der Waals surface area (Å²) in [5.41, 5.74) is 0.558. The summed E-state index contributed by atoms with van der Waals surface area (Å²) in [4.78, 5) is 41.6. The molecule has 4 heterocycles. The number of fused-ring (bicyclic) bond motifs is 1. The molecule has 2 atom stereocenters. The van der Waals surface area contributed by atoms with Crippen LogP contribution >= 0.6 is 23.5 Å². The minimum absolute atomic E-state index is 0.0428. The van der Waals surface area contributed by atoms with Crippen LogP contribution in [0.25, 0.3) is 0 Å². The van der Waals surface area contributed by atoms with E-state index in [4.69, 9.17) is 4.42 Å². The highest BCUT2D eigenvalue weighted by Crippen LogP contribution is 2.41. The molecule has 0 bridgehead atoms. The van der Waals surface area contributed by atoms with Crippen molar-refractivity contribution in [2.75, 3.05) is 11.5 Å². The Kier molecular flexibility index (Phi) is 5.04. The zero-order valence-electron chi connectivity index (χ0n) is 14.1. The number of oxazole rings is 1. The van der Waals surface area contributed by atoms with Crippen molar-refractivity contribution in [1.82, 2.24) is 35.4 Å². The fourth-order valence-electron chi connectivity index (χ4n) is 2.84. The normalized spacial score (nSPS) is 21.3. The number of amides is 2. The first kappa shape index (κ1) is 18.5. The van der Waals surface area contributed by atoms with Crippen LogP contribution in [0.3, 0.4) is 0 Å². The third-order valence-electron chi connectivity index (χ3n) is 4.04. The van der Waals surface area contributed by atoms with Gasteiger partial charge >= 0.3 is 5.97 Å². The number of carbonyl (C=O) groups excluding carboxylic acids is 2. The van der Waals surface area contributed by atoms with E-state index in [0.717, 1.165) is 0 Å². The number of nitrogens with one attached hydrogen (secondary N) is 1. The standard InChI is InChI=1S/C14H13N7O5S2/c22-8(3-20-6-16-18-19-20)17-9-11(23)21-10(13(24)25)7(4-27-12(9)21)5-28-14-15-1-2-26-14/h1-2,6,9,12H,3-5H2,(H,17,22)(H,24,25)/t9?,12-/m1/s1. The van der Waals surface area contributed by atoms with Crippen molar-refractivity contribution in [2.24, 2.45) is 0 Å². The van der Waals surface area contributed by atoms with E-state index in [1.165, 1.54) is 51.9 Å². The summed E-state index contributed by atoms with van der Waals surface area (Å²) in [5, 5.41) is 22.7. The fraction of sp³-hybridized carbons (Fsp3) is 0.357. The Labute approximate surface area is 165 Å². The van der Waals surface area contributed by atoms with E-state index in [1.807, 2.05) is 0 Å². The third kappa shape index (κ3) is 3.47. The lowest BCUT2D eigenvalue weighted by Gasteiger charge is -2.49. The molecular weight excluding hydrogens is 410 g/mol. The average molecular weight is 423 g/mol. The number of thioether (sulfide) groups is 2. The zero-order chi connectivity index (χ0) is 19.7. The topological polar surface area (TPSA) is 156 Å². The van der Waals surface area contributed by atoms with Crippen LogP contribution in [0.4, 0.5) is 0 Å². The second kappa shape index (κ2) is 7.63. The first-order valence-electron chi connectivity index (χ1n) is 7.97. The molecule has 2 N–H and O–H groups in total. The molecule has 2 aliphatic heterocycles. The zero-order valence-corrected chi connectivity index (χ0v) is 15.7. The molecule has 2 aliphatic rings. The number of carboxylic acids is 1. The molecule has 0 aromatic carbocycles. The summed E-state index contributed by atoms with van der Waals surface area (Å²) >= 11 is 2.65. The maximum atomic E-state index is 12.5. The summed E-state index contributed by atoms with van der Waals surface area (Å²) in [7, 11) is 0. The Morgan fingerprint density at radius 3 is 3.00 bits per heavy atom. The Bertz CT molecular complexity index is 930. The van der Waals surface area contributed by atoms with E-state index in [-0.39, 0.29) is 12.2 Å². The molecule has 0 radical (unpaired) electrons. The van der Waals surface area contributed by atoms with E-state index in [1.54, 1.807) is 0 Å². The number of carboxylic acid groups (broad SMARTS) is 1. The van der Waals surface area contributed by atoms with E-state index >= 15 is 0 Å². The monoisotopic (exact) mass is 423 g/mol. The van der Waals surface area contributed by atoms with Crippen molar-refractivity contribution >= 4 is 41.3 Å². The summed E-state index contributed by atoms with van der Waals surface area (Å²) in [6, 6.07) is -0.788. The number of tetrazole rings is 1. The summed E-state index contributed by atoms with van der Waals surface area (Å²) < 4.78 is 6.37.